The summed E-state index contributed by atoms with van der Waals surface area (Å²) >= 11 is 16.1. The monoisotopic (exact) mass is 639 g/mol. The largest absolute Gasteiger partial charge is 0.352 e. The summed E-state index contributed by atoms with van der Waals surface area (Å²) in [5.74, 6) is -0.993. The Hall–Kier alpha value is -2.59. The van der Waals surface area contributed by atoms with Crippen LogP contribution in [0.2, 0.25) is 10.0 Å². The van der Waals surface area contributed by atoms with Crippen molar-refractivity contribution in [2.75, 3.05) is 10.8 Å². The Morgan fingerprint density at radius 1 is 0.895 bits per heavy atom. The summed E-state index contributed by atoms with van der Waals surface area (Å²) in [6.45, 7) is 4.55. The van der Waals surface area contributed by atoms with Crippen LogP contribution in [0.3, 0.4) is 0 Å². The number of anilines is 1. The zero-order valence-electron chi connectivity index (χ0n) is 21.1. The number of hydrogen-bond donors (Lipinski definition) is 1. The molecule has 0 aliphatic carbocycles. The summed E-state index contributed by atoms with van der Waals surface area (Å²) in [6.07, 6.45) is 0. The van der Waals surface area contributed by atoms with Crippen LogP contribution in [0.25, 0.3) is 0 Å². The first kappa shape index (κ1) is 30.0. The average Bonchev–Trinajstić information content (AvgIpc) is 2.87. The van der Waals surface area contributed by atoms with Crippen molar-refractivity contribution in [3.8, 4) is 0 Å². The van der Waals surface area contributed by atoms with E-state index < -0.39 is 34.4 Å². The lowest BCUT2D eigenvalue weighted by Crippen LogP contribution is -2.52. The van der Waals surface area contributed by atoms with Crippen molar-refractivity contribution in [2.24, 2.45) is 0 Å². The quantitative estimate of drug-likeness (QED) is 0.299. The molecule has 0 spiro atoms. The number of benzene rings is 3. The highest BCUT2D eigenvalue weighted by atomic mass is 79.9. The van der Waals surface area contributed by atoms with Crippen LogP contribution in [-0.4, -0.2) is 43.8 Å². The Bertz CT molecular complexity index is 1370. The lowest BCUT2D eigenvalue weighted by atomic mass is 10.1. The van der Waals surface area contributed by atoms with E-state index in [1.807, 2.05) is 13.8 Å². The molecule has 3 rings (SSSR count). The third-order valence-electron chi connectivity index (χ3n) is 5.71. The molecule has 0 unspecified atom stereocenters. The molecule has 0 heterocycles. The summed E-state index contributed by atoms with van der Waals surface area (Å²) in [7, 11) is -4.13. The summed E-state index contributed by atoms with van der Waals surface area (Å²) in [6, 6.07) is 18.3. The summed E-state index contributed by atoms with van der Waals surface area (Å²) in [4.78, 5) is 28.2. The molecule has 0 bridgehead atoms. The van der Waals surface area contributed by atoms with Crippen molar-refractivity contribution in [1.82, 2.24) is 10.2 Å². The van der Waals surface area contributed by atoms with E-state index in [0.29, 0.717) is 21.3 Å². The number of carbonyl (C=O) groups is 2. The molecule has 0 saturated heterocycles. The molecule has 38 heavy (non-hydrogen) atoms. The molecule has 7 nitrogen and oxygen atoms in total. The van der Waals surface area contributed by atoms with Crippen molar-refractivity contribution in [1.29, 1.82) is 0 Å². The van der Waals surface area contributed by atoms with E-state index in [2.05, 4.69) is 21.2 Å². The number of rotatable bonds is 10. The fraction of sp³-hybridized carbons (Fsp3) is 0.259. The maximum atomic E-state index is 13.9. The number of hydrogen-bond acceptors (Lipinski definition) is 4. The van der Waals surface area contributed by atoms with Gasteiger partial charge in [-0.05, 0) is 69.3 Å². The first-order chi connectivity index (χ1) is 17.9. The fourth-order valence-corrected chi connectivity index (χ4v) is 5.91. The van der Waals surface area contributed by atoms with Gasteiger partial charge in [-0.25, -0.2) is 8.42 Å². The van der Waals surface area contributed by atoms with Gasteiger partial charge in [-0.15, -0.1) is 0 Å². The molecule has 0 radical (unpaired) electrons. The number of halogens is 3. The second kappa shape index (κ2) is 13.0. The summed E-state index contributed by atoms with van der Waals surface area (Å²) < 4.78 is 29.2. The highest BCUT2D eigenvalue weighted by Gasteiger charge is 2.33. The van der Waals surface area contributed by atoms with Crippen molar-refractivity contribution in [3.63, 3.8) is 0 Å². The highest BCUT2D eigenvalue weighted by molar-refractivity contribution is 9.10. The van der Waals surface area contributed by atoms with Crippen LogP contribution in [0.4, 0.5) is 5.69 Å². The van der Waals surface area contributed by atoms with Crippen LogP contribution in [0, 0.1) is 0 Å². The summed E-state index contributed by atoms with van der Waals surface area (Å²) in [5.41, 5.74) is 0.745. The van der Waals surface area contributed by atoms with Gasteiger partial charge in [-0.1, -0.05) is 63.4 Å². The fourth-order valence-electron chi connectivity index (χ4n) is 3.70. The Kier molecular flexibility index (Phi) is 10.2. The molecule has 0 aliphatic heterocycles. The average molecular weight is 641 g/mol. The minimum absolute atomic E-state index is 0.0296. The number of nitrogens with zero attached hydrogens (tertiary/aromatic N) is 2. The molecule has 3 aromatic rings. The molecule has 0 aromatic heterocycles. The third kappa shape index (κ3) is 7.28. The highest BCUT2D eigenvalue weighted by Crippen LogP contribution is 2.29. The maximum Gasteiger partial charge on any atom is 0.264 e. The molecule has 11 heteroatoms. The molecule has 202 valence electrons. The first-order valence-corrected chi connectivity index (χ1v) is 14.8. The number of amides is 2. The predicted octanol–water partition coefficient (Wildman–Crippen LogP) is 5.89. The van der Waals surface area contributed by atoms with Gasteiger partial charge in [-0.3, -0.25) is 13.9 Å². The van der Waals surface area contributed by atoms with Crippen LogP contribution in [-0.2, 0) is 26.2 Å². The smallest absolute Gasteiger partial charge is 0.264 e. The van der Waals surface area contributed by atoms with Gasteiger partial charge in [-0.2, -0.15) is 0 Å². The van der Waals surface area contributed by atoms with Gasteiger partial charge in [0, 0.05) is 32.7 Å². The third-order valence-corrected chi connectivity index (χ3v) is 8.74. The first-order valence-electron chi connectivity index (χ1n) is 11.8. The van der Waals surface area contributed by atoms with E-state index in [1.165, 1.54) is 17.0 Å². The normalized spacial score (nSPS) is 12.2. The van der Waals surface area contributed by atoms with Crippen LogP contribution in [0.5, 0.6) is 0 Å². The molecule has 1 atom stereocenters. The van der Waals surface area contributed by atoms with Crippen LogP contribution in [0.15, 0.2) is 82.2 Å². The molecule has 0 saturated carbocycles. The second-order valence-electron chi connectivity index (χ2n) is 8.86. The zero-order valence-corrected chi connectivity index (χ0v) is 25.0. The van der Waals surface area contributed by atoms with Crippen LogP contribution < -0.4 is 9.62 Å². The molecule has 3 aromatic carbocycles. The van der Waals surface area contributed by atoms with Crippen LogP contribution in [0.1, 0.15) is 26.3 Å². The van der Waals surface area contributed by atoms with E-state index in [4.69, 9.17) is 23.2 Å². The van der Waals surface area contributed by atoms with E-state index in [-0.39, 0.29) is 17.5 Å². The standard InChI is InChI=1S/C27H28BrCl2N3O4S/c1-18(2)31-27(35)19(3)32(16-23-24(29)10-7-11-25(23)30)26(34)17-33(21-14-12-20(28)13-15-21)38(36,37)22-8-5-4-6-9-22/h4-15,18-19H,16-17H2,1-3H3,(H,31,35)/t19-/m0/s1. The van der Waals surface area contributed by atoms with Gasteiger partial charge in [0.1, 0.15) is 12.6 Å². The second-order valence-corrected chi connectivity index (χ2v) is 12.5. The minimum Gasteiger partial charge on any atom is -0.352 e. The van der Waals surface area contributed by atoms with E-state index in [0.717, 1.165) is 8.78 Å². The minimum atomic E-state index is -4.13. The van der Waals surface area contributed by atoms with Gasteiger partial charge in [0.2, 0.25) is 11.8 Å². The number of carbonyl (C=O) groups excluding carboxylic acids is 2. The van der Waals surface area contributed by atoms with Gasteiger partial charge in [0.15, 0.2) is 0 Å². The van der Waals surface area contributed by atoms with E-state index in [9.17, 15) is 18.0 Å². The molecule has 1 N–H and O–H groups in total. The van der Waals surface area contributed by atoms with Gasteiger partial charge in [0.25, 0.3) is 10.0 Å². The van der Waals surface area contributed by atoms with Gasteiger partial charge in [0.05, 0.1) is 10.6 Å². The Labute approximate surface area is 241 Å². The predicted molar refractivity (Wildman–Crippen MR) is 155 cm³/mol. The van der Waals surface area contributed by atoms with Gasteiger partial charge >= 0.3 is 0 Å². The van der Waals surface area contributed by atoms with E-state index in [1.54, 1.807) is 67.6 Å². The van der Waals surface area contributed by atoms with Crippen molar-refractivity contribution in [3.05, 3.63) is 92.9 Å². The topological polar surface area (TPSA) is 86.8 Å². The number of sulfonamides is 1. The van der Waals surface area contributed by atoms with Crippen molar-refractivity contribution in [2.45, 2.75) is 44.3 Å². The molecule has 0 fully saturated rings. The molecule has 0 aliphatic rings. The lowest BCUT2D eigenvalue weighted by Gasteiger charge is -2.32. The lowest BCUT2D eigenvalue weighted by molar-refractivity contribution is -0.139. The van der Waals surface area contributed by atoms with E-state index >= 15 is 0 Å². The Balaban J connectivity index is 2.05. The number of nitrogens with one attached hydrogen (secondary N) is 1. The molecule has 2 amide bonds. The zero-order chi connectivity index (χ0) is 28.0. The molecular formula is C27H28BrCl2N3O4S. The molecular weight excluding hydrogens is 613 g/mol. The SMILES string of the molecule is CC(C)NC(=O)[C@H](C)N(Cc1c(Cl)cccc1Cl)C(=O)CN(c1ccc(Br)cc1)S(=O)(=O)c1ccccc1. The summed E-state index contributed by atoms with van der Waals surface area (Å²) in [5, 5.41) is 3.46. The Morgan fingerprint density at radius 3 is 2.03 bits per heavy atom. The van der Waals surface area contributed by atoms with Crippen molar-refractivity contribution < 1.29 is 18.0 Å². The van der Waals surface area contributed by atoms with Gasteiger partial charge < -0.3 is 10.2 Å². The maximum absolute atomic E-state index is 13.9. The van der Waals surface area contributed by atoms with Crippen LogP contribution >= 0.6 is 39.1 Å². The Morgan fingerprint density at radius 2 is 1.47 bits per heavy atom. The van der Waals surface area contributed by atoms with Crippen molar-refractivity contribution >= 4 is 66.7 Å².